The predicted octanol–water partition coefficient (Wildman–Crippen LogP) is 2.22. The zero-order valence-electron chi connectivity index (χ0n) is 10.9. The molecule has 2 aromatic rings. The Morgan fingerprint density at radius 1 is 1.15 bits per heavy atom. The molecule has 0 aromatic heterocycles. The van der Waals surface area contributed by atoms with Crippen LogP contribution in [0.1, 0.15) is 17.2 Å². The first-order valence-electron chi connectivity index (χ1n) is 6.38. The molecule has 0 radical (unpaired) electrons. The average molecular weight is 273 g/mol. The van der Waals surface area contributed by atoms with Gasteiger partial charge < -0.3 is 10.4 Å². The van der Waals surface area contributed by atoms with Crippen molar-refractivity contribution in [3.05, 3.63) is 71.5 Å². The number of nitrogens with one attached hydrogen (secondary N) is 1. The number of benzene rings is 2. The van der Waals surface area contributed by atoms with Gasteiger partial charge in [0.15, 0.2) is 0 Å². The number of carbonyl (C=O) groups excluding carboxylic acids is 1. The van der Waals surface area contributed by atoms with Gasteiger partial charge in [-0.15, -0.1) is 0 Å². The highest BCUT2D eigenvalue weighted by molar-refractivity contribution is 5.79. The summed E-state index contributed by atoms with van der Waals surface area (Å²) in [5, 5.41) is 12.1. The first kappa shape index (κ1) is 14.2. The predicted molar refractivity (Wildman–Crippen MR) is 74.5 cm³/mol. The van der Waals surface area contributed by atoms with Gasteiger partial charge in [-0.05, 0) is 23.3 Å². The summed E-state index contributed by atoms with van der Waals surface area (Å²) in [6.45, 7) is -0.182. The van der Waals surface area contributed by atoms with Gasteiger partial charge in [0.25, 0.3) is 0 Å². The lowest BCUT2D eigenvalue weighted by Gasteiger charge is -2.16. The molecule has 104 valence electrons. The van der Waals surface area contributed by atoms with Crippen LogP contribution in [0.5, 0.6) is 0 Å². The van der Waals surface area contributed by atoms with Crippen molar-refractivity contribution in [1.82, 2.24) is 5.32 Å². The Hall–Kier alpha value is -2.20. The van der Waals surface area contributed by atoms with E-state index in [-0.39, 0.29) is 24.8 Å². The first-order chi connectivity index (χ1) is 9.69. The highest BCUT2D eigenvalue weighted by atomic mass is 19.1. The van der Waals surface area contributed by atoms with Crippen LogP contribution in [0.25, 0.3) is 0 Å². The van der Waals surface area contributed by atoms with E-state index in [1.54, 1.807) is 12.1 Å². The number of aliphatic hydroxyl groups excluding tert-OH is 1. The Morgan fingerprint density at radius 2 is 1.90 bits per heavy atom. The highest BCUT2D eigenvalue weighted by Crippen LogP contribution is 2.12. The fourth-order valence-corrected chi connectivity index (χ4v) is 2.00. The minimum absolute atomic E-state index is 0.0844. The molecule has 0 saturated carbocycles. The Morgan fingerprint density at radius 3 is 2.55 bits per heavy atom. The lowest BCUT2D eigenvalue weighted by atomic mass is 10.1. The van der Waals surface area contributed by atoms with Crippen molar-refractivity contribution in [2.45, 2.75) is 12.5 Å². The van der Waals surface area contributed by atoms with Crippen LogP contribution in [0.3, 0.4) is 0 Å². The van der Waals surface area contributed by atoms with Gasteiger partial charge in [-0.25, -0.2) is 4.39 Å². The Bertz CT molecular complexity index is 572. The van der Waals surface area contributed by atoms with Crippen LogP contribution in [0.2, 0.25) is 0 Å². The van der Waals surface area contributed by atoms with Crippen molar-refractivity contribution >= 4 is 5.91 Å². The van der Waals surface area contributed by atoms with Crippen molar-refractivity contribution in [2.75, 3.05) is 6.61 Å². The molecule has 2 rings (SSSR count). The summed E-state index contributed by atoms with van der Waals surface area (Å²) in [5.74, 6) is -0.615. The van der Waals surface area contributed by atoms with Crippen molar-refractivity contribution in [2.24, 2.45) is 0 Å². The number of amides is 1. The van der Waals surface area contributed by atoms with Crippen LogP contribution in [-0.4, -0.2) is 17.6 Å². The zero-order valence-corrected chi connectivity index (χ0v) is 10.9. The summed E-state index contributed by atoms with van der Waals surface area (Å²) in [4.78, 5) is 11.9. The van der Waals surface area contributed by atoms with Crippen LogP contribution in [-0.2, 0) is 11.2 Å². The fraction of sp³-hybridized carbons (Fsp3) is 0.188. The lowest BCUT2D eigenvalue weighted by molar-refractivity contribution is -0.121. The average Bonchev–Trinajstić information content (AvgIpc) is 2.45. The second-order valence-electron chi connectivity index (χ2n) is 4.52. The Balaban J connectivity index is 2.00. The van der Waals surface area contributed by atoms with Gasteiger partial charge in [0.05, 0.1) is 19.1 Å². The molecule has 3 nitrogen and oxygen atoms in total. The van der Waals surface area contributed by atoms with Gasteiger partial charge in [0, 0.05) is 0 Å². The molecule has 0 spiro atoms. The standard InChI is InChI=1S/C16H16FNO2/c17-14-8-4-5-12(9-14)10-16(20)18-15(11-19)13-6-2-1-3-7-13/h1-9,15,19H,10-11H2,(H,18,20)/t15-/m0/s1. The van der Waals surface area contributed by atoms with Gasteiger partial charge in [-0.3, -0.25) is 4.79 Å². The molecule has 0 heterocycles. The summed E-state index contributed by atoms with van der Waals surface area (Å²) in [5.41, 5.74) is 1.44. The van der Waals surface area contributed by atoms with Crippen LogP contribution in [0, 0.1) is 5.82 Å². The molecule has 0 aliphatic heterocycles. The monoisotopic (exact) mass is 273 g/mol. The van der Waals surface area contributed by atoms with Gasteiger partial charge in [0.2, 0.25) is 5.91 Å². The van der Waals surface area contributed by atoms with Gasteiger partial charge in [-0.1, -0.05) is 42.5 Å². The van der Waals surface area contributed by atoms with E-state index in [1.807, 2.05) is 30.3 Å². The molecule has 0 fully saturated rings. The minimum Gasteiger partial charge on any atom is -0.394 e. The van der Waals surface area contributed by atoms with Crippen LogP contribution in [0.4, 0.5) is 4.39 Å². The largest absolute Gasteiger partial charge is 0.394 e. The molecule has 0 saturated heterocycles. The second kappa shape index (κ2) is 6.82. The molecule has 1 amide bonds. The smallest absolute Gasteiger partial charge is 0.224 e. The van der Waals surface area contributed by atoms with Crippen LogP contribution in [0.15, 0.2) is 54.6 Å². The fourth-order valence-electron chi connectivity index (χ4n) is 2.00. The molecular formula is C16H16FNO2. The van der Waals surface area contributed by atoms with E-state index in [0.717, 1.165) is 5.56 Å². The molecule has 0 aliphatic rings. The van der Waals surface area contributed by atoms with Crippen molar-refractivity contribution in [1.29, 1.82) is 0 Å². The van der Waals surface area contributed by atoms with E-state index >= 15 is 0 Å². The minimum atomic E-state index is -0.447. The third-order valence-electron chi connectivity index (χ3n) is 2.97. The number of rotatable bonds is 5. The summed E-state index contributed by atoms with van der Waals surface area (Å²) in [6, 6.07) is 14.7. The summed E-state index contributed by atoms with van der Waals surface area (Å²) >= 11 is 0. The third kappa shape index (κ3) is 3.90. The van der Waals surface area contributed by atoms with E-state index in [9.17, 15) is 14.3 Å². The molecule has 0 unspecified atom stereocenters. The maximum Gasteiger partial charge on any atom is 0.224 e. The van der Waals surface area contributed by atoms with Gasteiger partial charge >= 0.3 is 0 Å². The summed E-state index contributed by atoms with van der Waals surface area (Å²) in [7, 11) is 0. The zero-order chi connectivity index (χ0) is 14.4. The van der Waals surface area contributed by atoms with Crippen molar-refractivity contribution < 1.29 is 14.3 Å². The van der Waals surface area contributed by atoms with E-state index in [4.69, 9.17) is 0 Å². The van der Waals surface area contributed by atoms with Crippen LogP contribution < -0.4 is 5.32 Å². The first-order valence-corrected chi connectivity index (χ1v) is 6.38. The van der Waals surface area contributed by atoms with Gasteiger partial charge in [0.1, 0.15) is 5.82 Å². The van der Waals surface area contributed by atoms with E-state index in [0.29, 0.717) is 5.56 Å². The summed E-state index contributed by atoms with van der Waals surface area (Å²) in [6.07, 6.45) is 0.0844. The normalized spacial score (nSPS) is 11.9. The van der Waals surface area contributed by atoms with Crippen molar-refractivity contribution in [3.8, 4) is 0 Å². The molecule has 0 bridgehead atoms. The quantitative estimate of drug-likeness (QED) is 0.877. The summed E-state index contributed by atoms with van der Waals surface area (Å²) < 4.78 is 13.0. The molecule has 4 heteroatoms. The lowest BCUT2D eigenvalue weighted by Crippen LogP contribution is -2.31. The Labute approximate surface area is 117 Å². The molecule has 2 aromatic carbocycles. The number of carbonyl (C=O) groups is 1. The number of aliphatic hydroxyl groups is 1. The molecule has 2 N–H and O–H groups in total. The topological polar surface area (TPSA) is 49.3 Å². The second-order valence-corrected chi connectivity index (χ2v) is 4.52. The molecule has 0 aliphatic carbocycles. The molecule has 1 atom stereocenters. The van der Waals surface area contributed by atoms with Crippen LogP contribution >= 0.6 is 0 Å². The van der Waals surface area contributed by atoms with E-state index in [1.165, 1.54) is 12.1 Å². The number of hydrogen-bond donors (Lipinski definition) is 2. The van der Waals surface area contributed by atoms with Crippen molar-refractivity contribution in [3.63, 3.8) is 0 Å². The third-order valence-corrected chi connectivity index (χ3v) is 2.97. The number of hydrogen-bond acceptors (Lipinski definition) is 2. The SMILES string of the molecule is O=C(Cc1cccc(F)c1)N[C@@H](CO)c1ccccc1. The number of halogens is 1. The van der Waals surface area contributed by atoms with E-state index in [2.05, 4.69) is 5.32 Å². The van der Waals surface area contributed by atoms with Gasteiger partial charge in [-0.2, -0.15) is 0 Å². The highest BCUT2D eigenvalue weighted by Gasteiger charge is 2.13. The Kier molecular flexibility index (Phi) is 4.85. The molecular weight excluding hydrogens is 257 g/mol. The van der Waals surface area contributed by atoms with E-state index < -0.39 is 6.04 Å². The molecule has 20 heavy (non-hydrogen) atoms. The maximum absolute atomic E-state index is 13.0. The maximum atomic E-state index is 13.0.